The van der Waals surface area contributed by atoms with Crippen LogP contribution in [0.15, 0.2) is 48.8 Å². The lowest BCUT2D eigenvalue weighted by atomic mass is 10.1. The topological polar surface area (TPSA) is 34.1 Å². The molecule has 0 bridgehead atoms. The highest BCUT2D eigenvalue weighted by atomic mass is 16.5. The Bertz CT molecular complexity index is 485. The van der Waals surface area contributed by atoms with Crippen LogP contribution in [0.5, 0.6) is 0 Å². The lowest BCUT2D eigenvalue weighted by Gasteiger charge is -2.18. The Morgan fingerprint density at radius 1 is 1.22 bits per heavy atom. The molecule has 0 aliphatic heterocycles. The minimum atomic E-state index is 0.219. The molecule has 0 spiro atoms. The molecule has 0 fully saturated rings. The molecule has 2 aromatic rings. The molecule has 1 unspecified atom stereocenters. The highest BCUT2D eigenvalue weighted by Gasteiger charge is 2.07. The van der Waals surface area contributed by atoms with Gasteiger partial charge in [-0.1, -0.05) is 24.3 Å². The van der Waals surface area contributed by atoms with Crippen LogP contribution >= 0.6 is 0 Å². The zero-order valence-electron chi connectivity index (χ0n) is 10.8. The summed E-state index contributed by atoms with van der Waals surface area (Å²) in [5, 5.41) is 3.49. The summed E-state index contributed by atoms with van der Waals surface area (Å²) < 4.78 is 5.20. The van der Waals surface area contributed by atoms with Gasteiger partial charge < -0.3 is 10.1 Å². The maximum absolute atomic E-state index is 5.20. The fraction of sp³-hybridized carbons (Fsp3) is 0.267. The van der Waals surface area contributed by atoms with Crippen molar-refractivity contribution in [2.75, 3.05) is 12.4 Å². The summed E-state index contributed by atoms with van der Waals surface area (Å²) in [5.74, 6) is 0. The van der Waals surface area contributed by atoms with Gasteiger partial charge in [0.25, 0.3) is 0 Å². The molecule has 0 saturated heterocycles. The van der Waals surface area contributed by atoms with E-state index in [0.29, 0.717) is 6.61 Å². The number of benzene rings is 1. The second kappa shape index (κ2) is 6.17. The standard InChI is InChI=1S/C15H18N2O/c1-12(13-7-5-9-16-10-13)17-15-8-4-3-6-14(15)11-18-2/h3-10,12,17H,11H2,1-2H3. The minimum absolute atomic E-state index is 0.219. The third-order valence-electron chi connectivity index (χ3n) is 2.87. The van der Waals surface area contributed by atoms with Crippen LogP contribution in [0.3, 0.4) is 0 Å². The van der Waals surface area contributed by atoms with Crippen molar-refractivity contribution in [3.8, 4) is 0 Å². The number of aromatic nitrogens is 1. The Morgan fingerprint density at radius 3 is 2.78 bits per heavy atom. The summed E-state index contributed by atoms with van der Waals surface area (Å²) in [6, 6.07) is 12.4. The maximum Gasteiger partial charge on any atom is 0.0733 e. The average Bonchev–Trinajstić information content (AvgIpc) is 2.42. The van der Waals surface area contributed by atoms with Gasteiger partial charge in [-0.15, -0.1) is 0 Å². The largest absolute Gasteiger partial charge is 0.380 e. The number of anilines is 1. The second-order valence-corrected chi connectivity index (χ2v) is 4.24. The molecule has 0 radical (unpaired) electrons. The highest BCUT2D eigenvalue weighted by molar-refractivity contribution is 5.52. The third kappa shape index (κ3) is 3.08. The predicted octanol–water partition coefficient (Wildman–Crippen LogP) is 3.40. The van der Waals surface area contributed by atoms with Gasteiger partial charge in [0, 0.05) is 30.8 Å². The molecule has 0 aliphatic carbocycles. The van der Waals surface area contributed by atoms with Gasteiger partial charge >= 0.3 is 0 Å². The van der Waals surface area contributed by atoms with Gasteiger partial charge in [0.1, 0.15) is 0 Å². The molecule has 1 atom stereocenters. The van der Waals surface area contributed by atoms with Gasteiger partial charge in [0.15, 0.2) is 0 Å². The van der Waals surface area contributed by atoms with Crippen molar-refractivity contribution in [2.45, 2.75) is 19.6 Å². The number of ether oxygens (including phenoxy) is 1. The molecule has 1 heterocycles. The molecule has 18 heavy (non-hydrogen) atoms. The lowest BCUT2D eigenvalue weighted by molar-refractivity contribution is 0.185. The van der Waals surface area contributed by atoms with E-state index in [1.54, 1.807) is 13.3 Å². The van der Waals surface area contributed by atoms with Crippen LogP contribution in [0.2, 0.25) is 0 Å². The Labute approximate surface area is 108 Å². The number of para-hydroxylation sites is 1. The zero-order chi connectivity index (χ0) is 12.8. The van der Waals surface area contributed by atoms with E-state index in [-0.39, 0.29) is 6.04 Å². The number of pyridine rings is 1. The van der Waals surface area contributed by atoms with Crippen LogP contribution in [0.4, 0.5) is 5.69 Å². The van der Waals surface area contributed by atoms with E-state index in [9.17, 15) is 0 Å². The first-order valence-electron chi connectivity index (χ1n) is 6.04. The van der Waals surface area contributed by atoms with E-state index < -0.39 is 0 Å². The van der Waals surface area contributed by atoms with Gasteiger partial charge in [0.2, 0.25) is 0 Å². The number of hydrogen-bond acceptors (Lipinski definition) is 3. The number of methoxy groups -OCH3 is 1. The van der Waals surface area contributed by atoms with Gasteiger partial charge in [-0.25, -0.2) is 0 Å². The van der Waals surface area contributed by atoms with E-state index in [0.717, 1.165) is 11.3 Å². The number of hydrogen-bond donors (Lipinski definition) is 1. The molecular weight excluding hydrogens is 224 g/mol. The Hall–Kier alpha value is -1.87. The smallest absolute Gasteiger partial charge is 0.0733 e. The molecule has 94 valence electrons. The van der Waals surface area contributed by atoms with Crippen molar-refractivity contribution in [3.05, 3.63) is 59.9 Å². The van der Waals surface area contributed by atoms with E-state index >= 15 is 0 Å². The van der Waals surface area contributed by atoms with Gasteiger partial charge in [-0.2, -0.15) is 0 Å². The summed E-state index contributed by atoms with van der Waals surface area (Å²) in [6.45, 7) is 2.74. The van der Waals surface area contributed by atoms with Crippen molar-refractivity contribution >= 4 is 5.69 Å². The molecule has 1 aromatic heterocycles. The Morgan fingerprint density at radius 2 is 2.06 bits per heavy atom. The molecular formula is C15H18N2O. The Balaban J connectivity index is 2.14. The predicted molar refractivity (Wildman–Crippen MR) is 73.4 cm³/mol. The molecule has 0 amide bonds. The summed E-state index contributed by atoms with van der Waals surface area (Å²) in [5.41, 5.74) is 3.44. The van der Waals surface area contributed by atoms with Crippen LogP contribution < -0.4 is 5.32 Å². The van der Waals surface area contributed by atoms with Crippen molar-refractivity contribution in [1.29, 1.82) is 0 Å². The molecule has 0 aliphatic rings. The minimum Gasteiger partial charge on any atom is -0.380 e. The quantitative estimate of drug-likeness (QED) is 0.872. The molecule has 0 saturated carbocycles. The molecule has 1 aromatic carbocycles. The number of nitrogens with zero attached hydrogens (tertiary/aromatic N) is 1. The molecule has 3 nitrogen and oxygen atoms in total. The van der Waals surface area contributed by atoms with Crippen LogP contribution in [0, 0.1) is 0 Å². The van der Waals surface area contributed by atoms with E-state index in [1.807, 2.05) is 24.4 Å². The maximum atomic E-state index is 5.20. The lowest BCUT2D eigenvalue weighted by Crippen LogP contribution is -2.08. The van der Waals surface area contributed by atoms with Crippen molar-refractivity contribution in [2.24, 2.45) is 0 Å². The average molecular weight is 242 g/mol. The van der Waals surface area contributed by atoms with Gasteiger partial charge in [0.05, 0.1) is 12.6 Å². The Kier molecular flexibility index (Phi) is 4.31. The normalized spacial score (nSPS) is 12.1. The summed E-state index contributed by atoms with van der Waals surface area (Å²) in [7, 11) is 1.71. The fourth-order valence-corrected chi connectivity index (χ4v) is 1.89. The molecule has 3 heteroatoms. The summed E-state index contributed by atoms with van der Waals surface area (Å²) >= 11 is 0. The number of rotatable bonds is 5. The first-order valence-corrected chi connectivity index (χ1v) is 6.04. The van der Waals surface area contributed by atoms with Gasteiger partial charge in [-0.05, 0) is 24.6 Å². The SMILES string of the molecule is COCc1ccccc1NC(C)c1cccnc1. The van der Waals surface area contributed by atoms with Crippen molar-refractivity contribution < 1.29 is 4.74 Å². The number of nitrogens with one attached hydrogen (secondary N) is 1. The fourth-order valence-electron chi connectivity index (χ4n) is 1.89. The third-order valence-corrected chi connectivity index (χ3v) is 2.87. The van der Waals surface area contributed by atoms with Crippen LogP contribution in [0.1, 0.15) is 24.1 Å². The van der Waals surface area contributed by atoms with Crippen LogP contribution in [-0.2, 0) is 11.3 Å². The van der Waals surface area contributed by atoms with E-state index in [4.69, 9.17) is 4.74 Å². The summed E-state index contributed by atoms with van der Waals surface area (Å²) in [4.78, 5) is 4.14. The van der Waals surface area contributed by atoms with Crippen LogP contribution in [-0.4, -0.2) is 12.1 Å². The van der Waals surface area contributed by atoms with Gasteiger partial charge in [-0.3, -0.25) is 4.98 Å². The zero-order valence-corrected chi connectivity index (χ0v) is 10.8. The van der Waals surface area contributed by atoms with E-state index in [1.165, 1.54) is 5.56 Å². The van der Waals surface area contributed by atoms with Crippen molar-refractivity contribution in [3.63, 3.8) is 0 Å². The summed E-state index contributed by atoms with van der Waals surface area (Å²) in [6.07, 6.45) is 3.67. The molecule has 1 N–H and O–H groups in total. The van der Waals surface area contributed by atoms with Crippen LogP contribution in [0.25, 0.3) is 0 Å². The molecule has 2 rings (SSSR count). The second-order valence-electron chi connectivity index (χ2n) is 4.24. The van der Waals surface area contributed by atoms with Crippen molar-refractivity contribution in [1.82, 2.24) is 4.98 Å². The first-order chi connectivity index (χ1) is 8.81. The highest BCUT2D eigenvalue weighted by Crippen LogP contribution is 2.22. The van der Waals surface area contributed by atoms with E-state index in [2.05, 4.69) is 35.4 Å². The monoisotopic (exact) mass is 242 g/mol. The first kappa shape index (κ1) is 12.6.